The molecule has 0 amide bonds. The van der Waals surface area contributed by atoms with Crippen molar-refractivity contribution in [1.82, 2.24) is 10.3 Å². The largest absolute Gasteiger partial charge is 0.497 e. The van der Waals surface area contributed by atoms with Crippen molar-refractivity contribution < 1.29 is 9.47 Å². The van der Waals surface area contributed by atoms with E-state index >= 15 is 0 Å². The minimum Gasteiger partial charge on any atom is -0.497 e. The summed E-state index contributed by atoms with van der Waals surface area (Å²) in [6, 6.07) is 6.35. The fraction of sp³-hybridized carbons (Fsp3) is 0.438. The highest BCUT2D eigenvalue weighted by Gasteiger charge is 2.30. The number of benzene rings is 1. The third-order valence-electron chi connectivity index (χ3n) is 3.74. The van der Waals surface area contributed by atoms with Gasteiger partial charge in [0, 0.05) is 29.5 Å². The fourth-order valence-electron chi connectivity index (χ4n) is 2.65. The lowest BCUT2D eigenvalue weighted by Crippen LogP contribution is -2.29. The van der Waals surface area contributed by atoms with Crippen molar-refractivity contribution in [3.8, 4) is 11.5 Å². The minimum atomic E-state index is 0.00483. The van der Waals surface area contributed by atoms with E-state index in [1.54, 1.807) is 18.4 Å². The zero-order valence-electron chi connectivity index (χ0n) is 12.3. The van der Waals surface area contributed by atoms with Crippen LogP contribution in [0.3, 0.4) is 0 Å². The molecule has 0 radical (unpaired) electrons. The Morgan fingerprint density at radius 3 is 3.10 bits per heavy atom. The van der Waals surface area contributed by atoms with E-state index in [1.807, 2.05) is 17.6 Å². The van der Waals surface area contributed by atoms with Gasteiger partial charge in [0.05, 0.1) is 18.3 Å². The summed E-state index contributed by atoms with van der Waals surface area (Å²) < 4.78 is 11.5. The van der Waals surface area contributed by atoms with E-state index < -0.39 is 0 Å². The number of nitrogens with zero attached hydrogens (tertiary/aromatic N) is 1. The first-order chi connectivity index (χ1) is 10.3. The van der Waals surface area contributed by atoms with Crippen LogP contribution in [0.1, 0.15) is 43.2 Å². The smallest absolute Gasteiger partial charge is 0.143 e. The molecular weight excluding hydrogens is 284 g/mol. The Hall–Kier alpha value is -1.59. The lowest BCUT2D eigenvalue weighted by Gasteiger charge is -2.32. The summed E-state index contributed by atoms with van der Waals surface area (Å²) in [5.74, 6) is 1.72. The van der Waals surface area contributed by atoms with Crippen LogP contribution in [0.5, 0.6) is 11.5 Å². The predicted molar refractivity (Wildman–Crippen MR) is 84.1 cm³/mol. The molecule has 0 saturated carbocycles. The fourth-order valence-corrected chi connectivity index (χ4v) is 3.24. The summed E-state index contributed by atoms with van der Waals surface area (Å²) in [6.07, 6.45) is 2.03. The molecular formula is C16H20N2O2S. The molecule has 1 aliphatic rings. The van der Waals surface area contributed by atoms with Crippen LogP contribution in [-0.2, 0) is 0 Å². The molecule has 2 heterocycles. The molecule has 1 aromatic heterocycles. The van der Waals surface area contributed by atoms with Gasteiger partial charge in [-0.2, -0.15) is 0 Å². The maximum atomic E-state index is 6.15. The molecule has 0 saturated heterocycles. The highest BCUT2D eigenvalue weighted by Crippen LogP contribution is 2.42. The lowest BCUT2D eigenvalue weighted by molar-refractivity contribution is 0.147. The zero-order chi connectivity index (χ0) is 14.7. The Balaban J connectivity index is 1.91. The molecule has 0 spiro atoms. The van der Waals surface area contributed by atoms with E-state index in [0.717, 1.165) is 36.6 Å². The second-order valence-corrected chi connectivity index (χ2v) is 5.88. The molecule has 1 aliphatic heterocycles. The minimum absolute atomic E-state index is 0.00483. The summed E-state index contributed by atoms with van der Waals surface area (Å²) in [5.41, 5.74) is 4.07. The molecule has 0 aliphatic carbocycles. The van der Waals surface area contributed by atoms with E-state index in [2.05, 4.69) is 28.7 Å². The first-order valence-electron chi connectivity index (χ1n) is 7.28. The highest BCUT2D eigenvalue weighted by molar-refractivity contribution is 7.07. The van der Waals surface area contributed by atoms with Gasteiger partial charge in [0.2, 0.25) is 0 Å². The van der Waals surface area contributed by atoms with Crippen LogP contribution in [0.25, 0.3) is 0 Å². The molecule has 0 bridgehead atoms. The van der Waals surface area contributed by atoms with Gasteiger partial charge in [0.25, 0.3) is 0 Å². The average Bonchev–Trinajstić information content (AvgIpc) is 3.06. The Labute approximate surface area is 129 Å². The molecule has 1 aromatic carbocycles. The van der Waals surface area contributed by atoms with E-state index in [4.69, 9.17) is 9.47 Å². The topological polar surface area (TPSA) is 43.4 Å². The number of rotatable bonds is 5. The van der Waals surface area contributed by atoms with E-state index in [0.29, 0.717) is 6.04 Å². The maximum absolute atomic E-state index is 6.15. The van der Waals surface area contributed by atoms with Crippen LogP contribution in [0.2, 0.25) is 0 Å². The van der Waals surface area contributed by atoms with E-state index in [1.165, 1.54) is 5.56 Å². The van der Waals surface area contributed by atoms with Crippen LogP contribution < -0.4 is 14.8 Å². The first kappa shape index (κ1) is 14.4. The standard InChI is InChI=1S/C16H20N2O2S/c1-3-6-17-13-8-16(14-9-21-10-18-14)20-15-7-11(19-2)4-5-12(13)15/h4-5,7,9-10,13,16-17H,3,6,8H2,1-2H3. The predicted octanol–water partition coefficient (Wildman–Crippen LogP) is 3.72. The van der Waals surface area contributed by atoms with Crippen molar-refractivity contribution in [3.05, 3.63) is 40.3 Å². The Bertz CT molecular complexity index is 586. The SMILES string of the molecule is CCCNC1CC(c2cscn2)Oc2cc(OC)ccc21. The van der Waals surface area contributed by atoms with Crippen LogP contribution in [0.15, 0.2) is 29.1 Å². The van der Waals surface area contributed by atoms with Gasteiger partial charge in [0.1, 0.15) is 17.6 Å². The molecule has 2 unspecified atom stereocenters. The summed E-state index contributed by atoms with van der Waals surface area (Å²) in [4.78, 5) is 4.40. The highest BCUT2D eigenvalue weighted by atomic mass is 32.1. The summed E-state index contributed by atoms with van der Waals surface area (Å²) in [5, 5.41) is 5.67. The second kappa shape index (κ2) is 6.45. The lowest BCUT2D eigenvalue weighted by atomic mass is 9.95. The molecule has 4 nitrogen and oxygen atoms in total. The molecule has 2 atom stereocenters. The van der Waals surface area contributed by atoms with Crippen molar-refractivity contribution in [2.75, 3.05) is 13.7 Å². The summed E-state index contributed by atoms with van der Waals surface area (Å²) in [7, 11) is 1.68. The van der Waals surface area contributed by atoms with Gasteiger partial charge in [-0.05, 0) is 19.0 Å². The van der Waals surface area contributed by atoms with E-state index in [-0.39, 0.29) is 6.10 Å². The Kier molecular flexibility index (Phi) is 4.41. The Morgan fingerprint density at radius 2 is 2.38 bits per heavy atom. The van der Waals surface area contributed by atoms with Gasteiger partial charge >= 0.3 is 0 Å². The Morgan fingerprint density at radius 1 is 1.48 bits per heavy atom. The van der Waals surface area contributed by atoms with Gasteiger partial charge in [-0.1, -0.05) is 13.0 Å². The summed E-state index contributed by atoms with van der Waals surface area (Å²) in [6.45, 7) is 3.18. The van der Waals surface area contributed by atoms with Gasteiger partial charge in [0.15, 0.2) is 0 Å². The number of hydrogen-bond donors (Lipinski definition) is 1. The third kappa shape index (κ3) is 3.04. The molecule has 2 aromatic rings. The van der Waals surface area contributed by atoms with Crippen molar-refractivity contribution >= 4 is 11.3 Å². The molecule has 0 fully saturated rings. The zero-order valence-corrected chi connectivity index (χ0v) is 13.2. The van der Waals surface area contributed by atoms with Crippen molar-refractivity contribution in [3.63, 3.8) is 0 Å². The van der Waals surface area contributed by atoms with Gasteiger partial charge in [-0.15, -0.1) is 11.3 Å². The van der Waals surface area contributed by atoms with Gasteiger partial charge in [-0.25, -0.2) is 4.98 Å². The first-order valence-corrected chi connectivity index (χ1v) is 8.22. The van der Waals surface area contributed by atoms with Crippen LogP contribution in [0, 0.1) is 0 Å². The van der Waals surface area contributed by atoms with Gasteiger partial charge in [-0.3, -0.25) is 0 Å². The molecule has 112 valence electrons. The molecule has 21 heavy (non-hydrogen) atoms. The number of ether oxygens (including phenoxy) is 2. The third-order valence-corrected chi connectivity index (χ3v) is 4.34. The van der Waals surface area contributed by atoms with Crippen LogP contribution in [-0.4, -0.2) is 18.6 Å². The second-order valence-electron chi connectivity index (χ2n) is 5.17. The van der Waals surface area contributed by atoms with E-state index in [9.17, 15) is 0 Å². The number of nitrogens with one attached hydrogen (secondary N) is 1. The van der Waals surface area contributed by atoms with Crippen molar-refractivity contribution in [2.24, 2.45) is 0 Å². The maximum Gasteiger partial charge on any atom is 0.143 e. The number of fused-ring (bicyclic) bond motifs is 1. The average molecular weight is 304 g/mol. The number of aromatic nitrogens is 1. The van der Waals surface area contributed by atoms with Crippen LogP contribution >= 0.6 is 11.3 Å². The van der Waals surface area contributed by atoms with Crippen LogP contribution in [0.4, 0.5) is 0 Å². The number of methoxy groups -OCH3 is 1. The molecule has 5 heteroatoms. The van der Waals surface area contributed by atoms with Crippen molar-refractivity contribution in [2.45, 2.75) is 31.9 Å². The molecule has 1 N–H and O–H groups in total. The monoisotopic (exact) mass is 304 g/mol. The van der Waals surface area contributed by atoms with Crippen molar-refractivity contribution in [1.29, 1.82) is 0 Å². The number of hydrogen-bond acceptors (Lipinski definition) is 5. The van der Waals surface area contributed by atoms with Gasteiger partial charge < -0.3 is 14.8 Å². The molecule has 3 rings (SSSR count). The number of thiazole rings is 1. The summed E-state index contributed by atoms with van der Waals surface area (Å²) >= 11 is 1.61. The quantitative estimate of drug-likeness (QED) is 0.914. The normalized spacial score (nSPS) is 20.7.